The van der Waals surface area contributed by atoms with Gasteiger partial charge in [0.1, 0.15) is 12.6 Å². The summed E-state index contributed by atoms with van der Waals surface area (Å²) in [6.45, 7) is 0.702. The lowest BCUT2D eigenvalue weighted by molar-refractivity contribution is -0.133. The molecule has 0 radical (unpaired) electrons. The van der Waals surface area contributed by atoms with E-state index in [-0.39, 0.29) is 17.9 Å². The first-order valence-corrected chi connectivity index (χ1v) is 10.6. The fourth-order valence-electron chi connectivity index (χ4n) is 3.70. The van der Waals surface area contributed by atoms with Crippen molar-refractivity contribution in [1.82, 2.24) is 10.2 Å². The van der Waals surface area contributed by atoms with E-state index in [1.54, 1.807) is 36.2 Å². The molecule has 2 atom stereocenters. The predicted molar refractivity (Wildman–Crippen MR) is 122 cm³/mol. The Hall–Kier alpha value is -3.80. The first-order chi connectivity index (χ1) is 15.6. The van der Waals surface area contributed by atoms with Gasteiger partial charge in [-0.25, -0.2) is 0 Å². The van der Waals surface area contributed by atoms with E-state index >= 15 is 0 Å². The minimum absolute atomic E-state index is 0.180. The van der Waals surface area contributed by atoms with Gasteiger partial charge >= 0.3 is 0 Å². The highest BCUT2D eigenvalue weighted by molar-refractivity contribution is 5.97. The summed E-state index contributed by atoms with van der Waals surface area (Å²) in [6.07, 6.45) is 0.106. The molecule has 1 aliphatic heterocycles. The number of amides is 2. The van der Waals surface area contributed by atoms with Crippen LogP contribution in [0, 0.1) is 0 Å². The minimum Gasteiger partial charge on any atom is -0.486 e. The number of likely N-dealkylation sites (N-methyl/N-ethyl adjacent to an activating group) is 1. The minimum atomic E-state index is -0.702. The normalized spacial score (nSPS) is 15.5. The van der Waals surface area contributed by atoms with E-state index in [1.807, 2.05) is 60.7 Å². The number of ether oxygens (including phenoxy) is 2. The maximum Gasteiger partial charge on any atom is 0.251 e. The van der Waals surface area contributed by atoms with Crippen LogP contribution >= 0.6 is 0 Å². The summed E-state index contributed by atoms with van der Waals surface area (Å²) in [7, 11) is 1.72. The maximum atomic E-state index is 13.3. The van der Waals surface area contributed by atoms with E-state index in [9.17, 15) is 9.59 Å². The first kappa shape index (κ1) is 21.4. The fourth-order valence-corrected chi connectivity index (χ4v) is 3.70. The molecular weight excluding hydrogens is 404 g/mol. The highest BCUT2D eigenvalue weighted by Gasteiger charge is 2.29. The number of fused-ring (bicyclic) bond motifs is 1. The molecule has 4 rings (SSSR count). The average molecular weight is 431 g/mol. The molecule has 3 aromatic carbocycles. The molecule has 32 heavy (non-hydrogen) atoms. The number of carbonyl (C=O) groups is 2. The number of carbonyl (C=O) groups excluding carboxylic acids is 2. The van der Waals surface area contributed by atoms with Crippen LogP contribution in [0.15, 0.2) is 84.9 Å². The Kier molecular flexibility index (Phi) is 6.70. The van der Waals surface area contributed by atoms with Gasteiger partial charge in [-0.15, -0.1) is 0 Å². The van der Waals surface area contributed by atoms with Crippen molar-refractivity contribution in [2.24, 2.45) is 0 Å². The first-order valence-electron chi connectivity index (χ1n) is 10.6. The number of nitrogens with zero attached hydrogens (tertiary/aromatic N) is 1. The van der Waals surface area contributed by atoms with Crippen LogP contribution in [0.5, 0.6) is 11.5 Å². The van der Waals surface area contributed by atoms with Gasteiger partial charge in [-0.3, -0.25) is 9.59 Å². The molecule has 2 amide bonds. The molecule has 0 fully saturated rings. The molecule has 3 aromatic rings. The topological polar surface area (TPSA) is 67.9 Å². The van der Waals surface area contributed by atoms with Gasteiger partial charge in [0.15, 0.2) is 17.6 Å². The standard InChI is InChI=1S/C26H26N2O4/c1-28(17-21-18-31-23-14-8-9-15-24(23)32-21)26(30)22(16-19-10-4-2-5-11-19)27-25(29)20-12-6-3-7-13-20/h2-15,21-22H,16-18H2,1H3,(H,27,29)/t21-,22-/m0/s1. The molecule has 0 aliphatic carbocycles. The molecule has 6 heteroatoms. The van der Waals surface area contributed by atoms with E-state index in [2.05, 4.69) is 5.32 Å². The summed E-state index contributed by atoms with van der Waals surface area (Å²) in [5.41, 5.74) is 1.49. The van der Waals surface area contributed by atoms with E-state index in [0.29, 0.717) is 36.6 Å². The summed E-state index contributed by atoms with van der Waals surface area (Å²) in [6, 6.07) is 25.3. The zero-order valence-corrected chi connectivity index (χ0v) is 17.9. The molecule has 0 spiro atoms. The quantitative estimate of drug-likeness (QED) is 0.624. The molecule has 1 N–H and O–H groups in total. The van der Waals surface area contributed by atoms with Crippen LogP contribution < -0.4 is 14.8 Å². The van der Waals surface area contributed by atoms with Crippen molar-refractivity contribution in [3.8, 4) is 11.5 Å². The van der Waals surface area contributed by atoms with E-state index in [1.165, 1.54) is 0 Å². The Morgan fingerprint density at radius 3 is 2.28 bits per heavy atom. The lowest BCUT2D eigenvalue weighted by Crippen LogP contribution is -2.51. The number of benzene rings is 3. The number of rotatable bonds is 7. The second kappa shape index (κ2) is 10.0. The van der Waals surface area contributed by atoms with Crippen LogP contribution in [0.1, 0.15) is 15.9 Å². The average Bonchev–Trinajstić information content (AvgIpc) is 2.84. The van der Waals surface area contributed by atoms with Crippen molar-refractivity contribution in [3.63, 3.8) is 0 Å². The third-order valence-electron chi connectivity index (χ3n) is 5.34. The Labute approximate surface area is 187 Å². The predicted octanol–water partition coefficient (Wildman–Crippen LogP) is 3.33. The van der Waals surface area contributed by atoms with Crippen LogP contribution in [-0.2, 0) is 11.2 Å². The third-order valence-corrected chi connectivity index (χ3v) is 5.34. The number of hydrogen-bond donors (Lipinski definition) is 1. The van der Waals surface area contributed by atoms with Crippen molar-refractivity contribution >= 4 is 11.8 Å². The molecule has 0 unspecified atom stereocenters. The molecule has 0 bridgehead atoms. The lowest BCUT2D eigenvalue weighted by Gasteiger charge is -2.31. The molecule has 0 aromatic heterocycles. The smallest absolute Gasteiger partial charge is 0.251 e. The lowest BCUT2D eigenvalue weighted by atomic mass is 10.0. The molecule has 0 saturated heterocycles. The van der Waals surface area contributed by atoms with Crippen LogP contribution in [0.2, 0.25) is 0 Å². The molecule has 6 nitrogen and oxygen atoms in total. The molecule has 0 saturated carbocycles. The van der Waals surface area contributed by atoms with Crippen molar-refractivity contribution in [3.05, 3.63) is 96.1 Å². The summed E-state index contributed by atoms with van der Waals surface area (Å²) < 4.78 is 11.8. The molecule has 164 valence electrons. The van der Waals surface area contributed by atoms with Crippen molar-refractivity contribution in [2.45, 2.75) is 18.6 Å². The van der Waals surface area contributed by atoms with Gasteiger partial charge in [-0.1, -0.05) is 60.7 Å². The number of hydrogen-bond acceptors (Lipinski definition) is 4. The zero-order valence-electron chi connectivity index (χ0n) is 17.9. The van der Waals surface area contributed by atoms with E-state index in [0.717, 1.165) is 5.56 Å². The number of nitrogens with one attached hydrogen (secondary N) is 1. The highest BCUT2D eigenvalue weighted by Crippen LogP contribution is 2.31. The van der Waals surface area contributed by atoms with Crippen LogP contribution in [0.3, 0.4) is 0 Å². The van der Waals surface area contributed by atoms with Gasteiger partial charge in [-0.05, 0) is 29.8 Å². The number of para-hydroxylation sites is 2. The second-order valence-electron chi connectivity index (χ2n) is 7.80. The Morgan fingerprint density at radius 1 is 0.938 bits per heavy atom. The summed E-state index contributed by atoms with van der Waals surface area (Å²) >= 11 is 0. The van der Waals surface area contributed by atoms with Gasteiger partial charge in [0, 0.05) is 19.0 Å². The second-order valence-corrected chi connectivity index (χ2v) is 7.80. The van der Waals surface area contributed by atoms with Crippen molar-refractivity contribution in [2.75, 3.05) is 20.2 Å². The maximum absolute atomic E-state index is 13.3. The van der Waals surface area contributed by atoms with Gasteiger partial charge < -0.3 is 19.7 Å². The van der Waals surface area contributed by atoms with Gasteiger partial charge in [-0.2, -0.15) is 0 Å². The van der Waals surface area contributed by atoms with E-state index < -0.39 is 6.04 Å². The van der Waals surface area contributed by atoms with E-state index in [4.69, 9.17) is 9.47 Å². The monoisotopic (exact) mass is 430 g/mol. The Morgan fingerprint density at radius 2 is 1.56 bits per heavy atom. The zero-order chi connectivity index (χ0) is 22.3. The van der Waals surface area contributed by atoms with Gasteiger partial charge in [0.25, 0.3) is 5.91 Å². The summed E-state index contributed by atoms with van der Waals surface area (Å²) in [4.78, 5) is 27.7. The molecule has 1 aliphatic rings. The van der Waals surface area contributed by atoms with Crippen molar-refractivity contribution < 1.29 is 19.1 Å². The Balaban J connectivity index is 1.45. The van der Waals surface area contributed by atoms with Crippen LogP contribution in [0.25, 0.3) is 0 Å². The SMILES string of the molecule is CN(C[C@H]1COc2ccccc2O1)C(=O)[C@H](Cc1ccccc1)NC(=O)c1ccccc1. The molecule has 1 heterocycles. The summed E-state index contributed by atoms with van der Waals surface area (Å²) in [5, 5.41) is 2.91. The van der Waals surface area contributed by atoms with Gasteiger partial charge in [0.2, 0.25) is 5.91 Å². The Bertz CT molecular complexity index is 1060. The van der Waals surface area contributed by atoms with Crippen LogP contribution in [-0.4, -0.2) is 49.1 Å². The summed E-state index contributed by atoms with van der Waals surface area (Å²) in [5.74, 6) is 0.915. The third kappa shape index (κ3) is 5.27. The largest absolute Gasteiger partial charge is 0.486 e. The van der Waals surface area contributed by atoms with Crippen LogP contribution in [0.4, 0.5) is 0 Å². The van der Waals surface area contributed by atoms with Crippen molar-refractivity contribution in [1.29, 1.82) is 0 Å². The van der Waals surface area contributed by atoms with Gasteiger partial charge in [0.05, 0.1) is 6.54 Å². The fraction of sp³-hybridized carbons (Fsp3) is 0.231. The molecular formula is C26H26N2O4. The highest BCUT2D eigenvalue weighted by atomic mass is 16.6.